The van der Waals surface area contributed by atoms with Crippen molar-refractivity contribution in [2.24, 2.45) is 0 Å². The molecular formula is C17H25NO2. The van der Waals surface area contributed by atoms with Crippen molar-refractivity contribution in [3.05, 3.63) is 29.8 Å². The SMILES string of the molecule is CC(=O)Cc1ccccc1OC[C@@H]1CCCN1C(C)C. The second-order valence-corrected chi connectivity index (χ2v) is 5.93. The molecule has 110 valence electrons. The second kappa shape index (κ2) is 6.89. The average Bonchev–Trinajstić information content (AvgIpc) is 2.85. The number of rotatable bonds is 6. The lowest BCUT2D eigenvalue weighted by molar-refractivity contribution is -0.116. The number of hydrogen-bond acceptors (Lipinski definition) is 3. The Morgan fingerprint density at radius 2 is 2.15 bits per heavy atom. The van der Waals surface area contributed by atoms with E-state index in [4.69, 9.17) is 4.74 Å². The average molecular weight is 275 g/mol. The third kappa shape index (κ3) is 3.83. The molecule has 2 rings (SSSR count). The maximum absolute atomic E-state index is 11.3. The Labute approximate surface area is 121 Å². The number of benzene rings is 1. The predicted molar refractivity (Wildman–Crippen MR) is 81.2 cm³/mol. The first kappa shape index (κ1) is 15.0. The molecule has 0 radical (unpaired) electrons. The van der Waals surface area contributed by atoms with Crippen molar-refractivity contribution >= 4 is 5.78 Å². The maximum atomic E-state index is 11.3. The van der Waals surface area contributed by atoms with Crippen LogP contribution in [0.4, 0.5) is 0 Å². The maximum Gasteiger partial charge on any atom is 0.134 e. The number of para-hydroxylation sites is 1. The molecule has 0 aromatic heterocycles. The van der Waals surface area contributed by atoms with Crippen molar-refractivity contribution in [1.82, 2.24) is 4.90 Å². The van der Waals surface area contributed by atoms with Gasteiger partial charge in [0.2, 0.25) is 0 Å². The van der Waals surface area contributed by atoms with Crippen molar-refractivity contribution in [3.8, 4) is 5.75 Å². The van der Waals surface area contributed by atoms with Crippen LogP contribution in [0, 0.1) is 0 Å². The Balaban J connectivity index is 1.98. The molecule has 0 unspecified atom stereocenters. The van der Waals surface area contributed by atoms with Gasteiger partial charge < -0.3 is 4.74 Å². The molecule has 1 atom stereocenters. The molecule has 1 aromatic carbocycles. The van der Waals surface area contributed by atoms with E-state index in [9.17, 15) is 4.79 Å². The van der Waals surface area contributed by atoms with Crippen LogP contribution in [0.2, 0.25) is 0 Å². The van der Waals surface area contributed by atoms with E-state index < -0.39 is 0 Å². The molecule has 0 saturated carbocycles. The zero-order chi connectivity index (χ0) is 14.5. The summed E-state index contributed by atoms with van der Waals surface area (Å²) in [7, 11) is 0. The predicted octanol–water partition coefficient (Wildman–Crippen LogP) is 3.07. The van der Waals surface area contributed by atoms with E-state index >= 15 is 0 Å². The van der Waals surface area contributed by atoms with Crippen molar-refractivity contribution < 1.29 is 9.53 Å². The number of hydrogen-bond donors (Lipinski definition) is 0. The first-order chi connectivity index (χ1) is 9.58. The van der Waals surface area contributed by atoms with E-state index in [2.05, 4.69) is 18.7 Å². The summed E-state index contributed by atoms with van der Waals surface area (Å²) < 4.78 is 6.01. The summed E-state index contributed by atoms with van der Waals surface area (Å²) >= 11 is 0. The Hall–Kier alpha value is -1.35. The van der Waals surface area contributed by atoms with Gasteiger partial charge in [-0.05, 0) is 46.2 Å². The van der Waals surface area contributed by atoms with Crippen LogP contribution in [0.25, 0.3) is 0 Å². The highest BCUT2D eigenvalue weighted by atomic mass is 16.5. The molecule has 1 aliphatic rings. The summed E-state index contributed by atoms with van der Waals surface area (Å²) in [5.74, 6) is 1.03. The number of Topliss-reactive ketones (excluding diaryl/α,β-unsaturated/α-hetero) is 1. The summed E-state index contributed by atoms with van der Waals surface area (Å²) in [5.41, 5.74) is 0.995. The fourth-order valence-corrected chi connectivity index (χ4v) is 2.96. The van der Waals surface area contributed by atoms with Crippen LogP contribution in [0.1, 0.15) is 39.2 Å². The van der Waals surface area contributed by atoms with Gasteiger partial charge >= 0.3 is 0 Å². The molecule has 1 aromatic rings. The van der Waals surface area contributed by atoms with Crippen LogP contribution < -0.4 is 4.74 Å². The summed E-state index contributed by atoms with van der Waals surface area (Å²) in [6.07, 6.45) is 2.91. The second-order valence-electron chi connectivity index (χ2n) is 5.93. The summed E-state index contributed by atoms with van der Waals surface area (Å²) in [4.78, 5) is 13.8. The first-order valence-corrected chi connectivity index (χ1v) is 7.54. The number of nitrogens with zero attached hydrogens (tertiary/aromatic N) is 1. The minimum Gasteiger partial charge on any atom is -0.492 e. The largest absolute Gasteiger partial charge is 0.492 e. The highest BCUT2D eigenvalue weighted by Crippen LogP contribution is 2.23. The molecule has 1 aliphatic heterocycles. The lowest BCUT2D eigenvalue weighted by atomic mass is 10.1. The molecule has 20 heavy (non-hydrogen) atoms. The molecule has 0 aliphatic carbocycles. The van der Waals surface area contributed by atoms with E-state index in [1.165, 1.54) is 19.4 Å². The number of likely N-dealkylation sites (tertiary alicyclic amines) is 1. The van der Waals surface area contributed by atoms with E-state index in [-0.39, 0.29) is 5.78 Å². The third-order valence-corrected chi connectivity index (χ3v) is 3.93. The summed E-state index contributed by atoms with van der Waals surface area (Å²) in [5, 5.41) is 0. The number of ether oxygens (including phenoxy) is 1. The molecule has 0 spiro atoms. The van der Waals surface area contributed by atoms with Crippen LogP contribution in [-0.2, 0) is 11.2 Å². The number of carbonyl (C=O) groups excluding carboxylic acids is 1. The Kier molecular flexibility index (Phi) is 5.18. The lowest BCUT2D eigenvalue weighted by Gasteiger charge is -2.28. The molecule has 3 nitrogen and oxygen atoms in total. The summed E-state index contributed by atoms with van der Waals surface area (Å²) in [6.45, 7) is 7.98. The lowest BCUT2D eigenvalue weighted by Crippen LogP contribution is -2.39. The Morgan fingerprint density at radius 3 is 2.85 bits per heavy atom. The molecule has 1 heterocycles. The Morgan fingerprint density at radius 1 is 1.40 bits per heavy atom. The fourth-order valence-electron chi connectivity index (χ4n) is 2.96. The molecule has 0 N–H and O–H groups in total. The molecule has 3 heteroatoms. The van der Waals surface area contributed by atoms with Gasteiger partial charge in [-0.3, -0.25) is 9.69 Å². The smallest absolute Gasteiger partial charge is 0.134 e. The molecule has 0 bridgehead atoms. The van der Waals surface area contributed by atoms with E-state index in [1.807, 2.05) is 24.3 Å². The van der Waals surface area contributed by atoms with Crippen LogP contribution in [0.15, 0.2) is 24.3 Å². The van der Waals surface area contributed by atoms with Gasteiger partial charge in [-0.2, -0.15) is 0 Å². The van der Waals surface area contributed by atoms with Crippen molar-refractivity contribution in [3.63, 3.8) is 0 Å². The zero-order valence-corrected chi connectivity index (χ0v) is 12.8. The summed E-state index contributed by atoms with van der Waals surface area (Å²) in [6, 6.07) is 8.94. The van der Waals surface area contributed by atoms with Gasteiger partial charge in [-0.1, -0.05) is 18.2 Å². The first-order valence-electron chi connectivity index (χ1n) is 7.54. The van der Waals surface area contributed by atoms with Gasteiger partial charge in [-0.25, -0.2) is 0 Å². The molecule has 1 saturated heterocycles. The van der Waals surface area contributed by atoms with Gasteiger partial charge in [0.05, 0.1) is 0 Å². The van der Waals surface area contributed by atoms with E-state index in [0.29, 0.717) is 25.1 Å². The zero-order valence-electron chi connectivity index (χ0n) is 12.8. The van der Waals surface area contributed by atoms with Crippen molar-refractivity contribution in [2.75, 3.05) is 13.2 Å². The fraction of sp³-hybridized carbons (Fsp3) is 0.588. The molecule has 0 amide bonds. The monoisotopic (exact) mass is 275 g/mol. The van der Waals surface area contributed by atoms with Gasteiger partial charge in [0.1, 0.15) is 18.1 Å². The van der Waals surface area contributed by atoms with Gasteiger partial charge in [-0.15, -0.1) is 0 Å². The standard InChI is InChI=1S/C17H25NO2/c1-13(2)18-10-6-8-16(18)12-20-17-9-5-4-7-15(17)11-14(3)19/h4-5,7,9,13,16H,6,8,10-12H2,1-3H3/t16-/m0/s1. The van der Waals surface area contributed by atoms with Crippen LogP contribution >= 0.6 is 0 Å². The van der Waals surface area contributed by atoms with Gasteiger partial charge in [0.25, 0.3) is 0 Å². The van der Waals surface area contributed by atoms with Crippen LogP contribution in [0.3, 0.4) is 0 Å². The molecular weight excluding hydrogens is 250 g/mol. The van der Waals surface area contributed by atoms with Crippen molar-refractivity contribution in [2.45, 2.75) is 52.1 Å². The topological polar surface area (TPSA) is 29.5 Å². The number of carbonyl (C=O) groups is 1. The minimum atomic E-state index is 0.172. The van der Waals surface area contributed by atoms with Crippen LogP contribution in [0.5, 0.6) is 5.75 Å². The highest BCUT2D eigenvalue weighted by molar-refractivity contribution is 5.78. The normalized spacial score (nSPS) is 19.5. The molecule has 1 fully saturated rings. The Bertz CT molecular complexity index is 456. The number of ketones is 1. The van der Waals surface area contributed by atoms with Gasteiger partial charge in [0.15, 0.2) is 0 Å². The van der Waals surface area contributed by atoms with Gasteiger partial charge in [0, 0.05) is 24.1 Å². The quantitative estimate of drug-likeness (QED) is 0.799. The third-order valence-electron chi connectivity index (χ3n) is 3.93. The minimum absolute atomic E-state index is 0.172. The van der Waals surface area contributed by atoms with Crippen molar-refractivity contribution in [1.29, 1.82) is 0 Å². The van der Waals surface area contributed by atoms with E-state index in [0.717, 1.165) is 11.3 Å². The van der Waals surface area contributed by atoms with Crippen LogP contribution in [-0.4, -0.2) is 35.9 Å². The highest BCUT2D eigenvalue weighted by Gasteiger charge is 2.27. The van der Waals surface area contributed by atoms with E-state index in [1.54, 1.807) is 6.92 Å².